The van der Waals surface area contributed by atoms with E-state index in [0.29, 0.717) is 38.0 Å². The van der Waals surface area contributed by atoms with Crippen LogP contribution in [0.5, 0.6) is 5.75 Å². The van der Waals surface area contributed by atoms with Crippen LogP contribution >= 0.6 is 23.2 Å². The molecule has 3 aliphatic rings. The van der Waals surface area contributed by atoms with Gasteiger partial charge in [0.2, 0.25) is 0 Å². The molecular weight excluding hydrogens is 557 g/mol. The SMILES string of the molecule is COc1ccc(C(=O)[C@H]2[C@H](c3ccc(Cl)cc3Cl)C3(C(=O)c4ccccc4C3=O)[C@@H]3C=Cc4ccccc4N32)cc1. The van der Waals surface area contributed by atoms with Crippen LogP contribution in [-0.2, 0) is 0 Å². The number of carbonyl (C=O) groups is 3. The van der Waals surface area contributed by atoms with Crippen LogP contribution in [0.4, 0.5) is 5.69 Å². The third-order valence-electron chi connectivity index (χ3n) is 8.65. The average Bonchev–Trinajstić information content (AvgIpc) is 3.43. The third-order valence-corrected chi connectivity index (χ3v) is 9.22. The minimum Gasteiger partial charge on any atom is -0.497 e. The molecule has 3 atom stereocenters. The second kappa shape index (κ2) is 9.44. The van der Waals surface area contributed by atoms with E-state index in [4.69, 9.17) is 27.9 Å². The predicted molar refractivity (Wildman–Crippen MR) is 160 cm³/mol. The number of fused-ring (bicyclic) bond motifs is 5. The zero-order valence-electron chi connectivity index (χ0n) is 21.9. The van der Waals surface area contributed by atoms with E-state index in [2.05, 4.69) is 0 Å². The van der Waals surface area contributed by atoms with Crippen molar-refractivity contribution >= 4 is 52.3 Å². The standard InChI is InChI=1S/C34H23Cl2NO4/c1-41-22-14-10-20(11-15-22)31(38)30-29(25-16-13-21(35)18-26(25)36)34(32(39)23-7-3-4-8-24(23)33(34)40)28-17-12-19-6-2-5-9-27(19)37(28)30/h2-18,28-30H,1H3/t28-,29-,30+/m0/s1. The van der Waals surface area contributed by atoms with Crippen molar-refractivity contribution in [3.63, 3.8) is 0 Å². The van der Waals surface area contributed by atoms with Crippen LogP contribution in [0, 0.1) is 5.41 Å². The van der Waals surface area contributed by atoms with Crippen molar-refractivity contribution in [2.75, 3.05) is 12.0 Å². The van der Waals surface area contributed by atoms with Gasteiger partial charge in [0.1, 0.15) is 17.2 Å². The van der Waals surface area contributed by atoms with Gasteiger partial charge in [-0.05, 0) is 53.6 Å². The lowest BCUT2D eigenvalue weighted by molar-refractivity contribution is 0.0666. The van der Waals surface area contributed by atoms with Crippen molar-refractivity contribution in [1.29, 1.82) is 0 Å². The maximum absolute atomic E-state index is 14.7. The molecule has 0 amide bonds. The Kier molecular flexibility index (Phi) is 5.93. The molecule has 0 bridgehead atoms. The summed E-state index contributed by atoms with van der Waals surface area (Å²) in [4.78, 5) is 46.0. The van der Waals surface area contributed by atoms with Gasteiger partial charge in [0.05, 0.1) is 13.2 Å². The van der Waals surface area contributed by atoms with Crippen molar-refractivity contribution in [3.05, 3.63) is 135 Å². The van der Waals surface area contributed by atoms with Gasteiger partial charge in [-0.2, -0.15) is 0 Å². The molecule has 0 N–H and O–H groups in total. The molecule has 4 aromatic carbocycles. The van der Waals surface area contributed by atoms with Crippen LogP contribution in [0.3, 0.4) is 0 Å². The largest absolute Gasteiger partial charge is 0.497 e. The van der Waals surface area contributed by atoms with E-state index in [-0.39, 0.29) is 17.3 Å². The highest BCUT2D eigenvalue weighted by molar-refractivity contribution is 6.36. The molecule has 5 nitrogen and oxygen atoms in total. The van der Waals surface area contributed by atoms with E-state index < -0.39 is 23.4 Å². The molecule has 0 saturated carbocycles. The minimum atomic E-state index is -1.63. The smallest absolute Gasteiger partial charge is 0.185 e. The Hall–Kier alpha value is -4.19. The van der Waals surface area contributed by atoms with Crippen LogP contribution in [0.15, 0.2) is 97.1 Å². The highest BCUT2D eigenvalue weighted by atomic mass is 35.5. The van der Waals surface area contributed by atoms with Gasteiger partial charge in [-0.25, -0.2) is 0 Å². The van der Waals surface area contributed by atoms with Crippen LogP contribution < -0.4 is 9.64 Å². The second-order valence-corrected chi connectivity index (χ2v) is 11.4. The number of rotatable bonds is 4. The monoisotopic (exact) mass is 579 g/mol. The minimum absolute atomic E-state index is 0.229. The number of hydrogen-bond donors (Lipinski definition) is 0. The Morgan fingerprint density at radius 1 is 0.854 bits per heavy atom. The van der Waals surface area contributed by atoms with Crippen molar-refractivity contribution in [1.82, 2.24) is 0 Å². The fourth-order valence-electron chi connectivity index (χ4n) is 6.94. The van der Waals surface area contributed by atoms with Gasteiger partial charge >= 0.3 is 0 Å². The summed E-state index contributed by atoms with van der Waals surface area (Å²) in [6.07, 6.45) is 3.82. The molecule has 7 heteroatoms. The molecule has 7 rings (SSSR count). The maximum atomic E-state index is 14.7. The fraction of sp³-hybridized carbons (Fsp3) is 0.147. The number of methoxy groups -OCH3 is 1. The summed E-state index contributed by atoms with van der Waals surface area (Å²) in [6, 6.07) is 24.8. The first-order valence-corrected chi connectivity index (χ1v) is 14.0. The first-order chi connectivity index (χ1) is 19.9. The molecule has 0 aromatic heterocycles. The zero-order chi connectivity index (χ0) is 28.5. The number of anilines is 1. The van der Waals surface area contributed by atoms with Gasteiger partial charge in [0.15, 0.2) is 17.3 Å². The van der Waals surface area contributed by atoms with Crippen LogP contribution in [0.1, 0.15) is 48.1 Å². The highest BCUT2D eigenvalue weighted by Crippen LogP contribution is 2.61. The van der Waals surface area contributed by atoms with Crippen LogP contribution in [0.2, 0.25) is 10.0 Å². The summed E-state index contributed by atoms with van der Waals surface area (Å²) in [7, 11) is 1.56. The molecule has 1 aliphatic carbocycles. The van der Waals surface area contributed by atoms with Crippen molar-refractivity contribution < 1.29 is 19.1 Å². The lowest BCUT2D eigenvalue weighted by atomic mass is 9.64. The Morgan fingerprint density at radius 2 is 1.51 bits per heavy atom. The summed E-state index contributed by atoms with van der Waals surface area (Å²) in [5, 5.41) is 0.710. The van der Waals surface area contributed by atoms with Gasteiger partial charge in [-0.15, -0.1) is 0 Å². The molecule has 1 fully saturated rings. The van der Waals surface area contributed by atoms with Gasteiger partial charge < -0.3 is 9.64 Å². The van der Waals surface area contributed by atoms with Gasteiger partial charge in [-0.3, -0.25) is 14.4 Å². The molecule has 1 saturated heterocycles. The summed E-state index contributed by atoms with van der Waals surface area (Å²) in [5.41, 5.74) is 1.72. The normalized spacial score (nSPS) is 21.5. The van der Waals surface area contributed by atoms with E-state index in [1.54, 1.807) is 73.8 Å². The number of para-hydroxylation sites is 1. The van der Waals surface area contributed by atoms with Gasteiger partial charge in [0, 0.05) is 38.3 Å². The Morgan fingerprint density at radius 3 is 2.17 bits per heavy atom. The van der Waals surface area contributed by atoms with Crippen molar-refractivity contribution in [2.45, 2.75) is 18.0 Å². The number of carbonyl (C=O) groups excluding carboxylic acids is 3. The van der Waals surface area contributed by atoms with E-state index in [9.17, 15) is 14.4 Å². The summed E-state index contributed by atoms with van der Waals surface area (Å²) >= 11 is 13.2. The quantitative estimate of drug-likeness (QED) is 0.187. The summed E-state index contributed by atoms with van der Waals surface area (Å²) in [6.45, 7) is 0. The number of ketones is 3. The number of Topliss-reactive ketones (excluding diaryl/α,β-unsaturated/α-hetero) is 3. The van der Waals surface area contributed by atoms with Crippen LogP contribution in [-0.4, -0.2) is 36.5 Å². The predicted octanol–water partition coefficient (Wildman–Crippen LogP) is 7.32. The molecule has 0 unspecified atom stereocenters. The molecule has 2 heterocycles. The number of halogens is 2. The molecule has 1 spiro atoms. The first-order valence-electron chi connectivity index (χ1n) is 13.3. The van der Waals surface area contributed by atoms with Crippen LogP contribution in [0.25, 0.3) is 6.08 Å². The van der Waals surface area contributed by atoms with E-state index in [1.165, 1.54) is 0 Å². The summed E-state index contributed by atoms with van der Waals surface area (Å²) < 4.78 is 5.31. The van der Waals surface area contributed by atoms with E-state index in [0.717, 1.165) is 11.3 Å². The fourth-order valence-corrected chi connectivity index (χ4v) is 7.47. The molecule has 2 aliphatic heterocycles. The Bertz CT molecular complexity index is 1760. The van der Waals surface area contributed by atoms with Gasteiger partial charge in [0.25, 0.3) is 0 Å². The maximum Gasteiger partial charge on any atom is 0.185 e. The first kappa shape index (κ1) is 25.8. The number of ether oxygens (including phenoxy) is 1. The number of hydrogen-bond acceptors (Lipinski definition) is 5. The highest BCUT2D eigenvalue weighted by Gasteiger charge is 2.71. The Labute approximate surface area is 247 Å². The van der Waals surface area contributed by atoms with Gasteiger partial charge in [-0.1, -0.05) is 83.9 Å². The number of nitrogens with zero attached hydrogens (tertiary/aromatic N) is 1. The third kappa shape index (κ3) is 3.52. The molecular formula is C34H23Cl2NO4. The lowest BCUT2D eigenvalue weighted by Gasteiger charge is -2.37. The topological polar surface area (TPSA) is 63.7 Å². The zero-order valence-corrected chi connectivity index (χ0v) is 23.4. The van der Waals surface area contributed by atoms with Crippen molar-refractivity contribution in [2.24, 2.45) is 5.41 Å². The second-order valence-electron chi connectivity index (χ2n) is 10.5. The molecule has 202 valence electrons. The van der Waals surface area contributed by atoms with Crippen molar-refractivity contribution in [3.8, 4) is 5.75 Å². The molecule has 4 aromatic rings. The molecule has 0 radical (unpaired) electrons. The lowest BCUT2D eigenvalue weighted by Crippen LogP contribution is -2.48. The summed E-state index contributed by atoms with van der Waals surface area (Å²) in [5.74, 6) is -1.14. The number of benzene rings is 4. The van der Waals surface area contributed by atoms with E-state index >= 15 is 0 Å². The van der Waals surface area contributed by atoms with E-state index in [1.807, 2.05) is 41.3 Å². The average molecular weight is 580 g/mol. The Balaban J connectivity index is 1.55. The molecule has 41 heavy (non-hydrogen) atoms.